The Bertz CT molecular complexity index is 944. The molecular formula is C20H20N2O5S. The van der Waals surface area contributed by atoms with Crippen LogP contribution in [0.4, 0.5) is 5.13 Å². The second kappa shape index (κ2) is 8.62. The van der Waals surface area contributed by atoms with Gasteiger partial charge in [-0.1, -0.05) is 0 Å². The van der Waals surface area contributed by atoms with E-state index in [0.717, 1.165) is 5.56 Å². The van der Waals surface area contributed by atoms with Crippen LogP contribution in [0.2, 0.25) is 0 Å². The number of anilines is 1. The highest BCUT2D eigenvalue weighted by Gasteiger charge is 2.16. The van der Waals surface area contributed by atoms with Crippen LogP contribution in [-0.4, -0.2) is 39.3 Å². The minimum Gasteiger partial charge on any atom is -0.497 e. The van der Waals surface area contributed by atoms with Crippen molar-refractivity contribution in [1.29, 1.82) is 0 Å². The van der Waals surface area contributed by atoms with Gasteiger partial charge in [-0.2, -0.15) is 0 Å². The minimum absolute atomic E-state index is 0.242. The van der Waals surface area contributed by atoms with Crippen LogP contribution < -0.4 is 24.3 Å². The molecule has 7 nitrogen and oxygen atoms in total. The van der Waals surface area contributed by atoms with E-state index in [9.17, 15) is 4.79 Å². The molecule has 0 saturated carbocycles. The number of nitrogens with zero attached hydrogens (tertiary/aromatic N) is 1. The summed E-state index contributed by atoms with van der Waals surface area (Å²) in [6, 6.07) is 10.5. The van der Waals surface area contributed by atoms with Gasteiger partial charge in [0, 0.05) is 16.5 Å². The van der Waals surface area contributed by atoms with Crippen molar-refractivity contribution in [3.8, 4) is 34.3 Å². The summed E-state index contributed by atoms with van der Waals surface area (Å²) in [7, 11) is 6.25. The molecule has 0 bridgehead atoms. The molecule has 0 aliphatic rings. The van der Waals surface area contributed by atoms with Crippen LogP contribution in [0.3, 0.4) is 0 Å². The summed E-state index contributed by atoms with van der Waals surface area (Å²) in [6.45, 7) is 0. The zero-order chi connectivity index (χ0) is 20.1. The van der Waals surface area contributed by atoms with Gasteiger partial charge in [0.15, 0.2) is 16.6 Å². The third-order valence-electron chi connectivity index (χ3n) is 4.04. The first-order chi connectivity index (χ1) is 13.6. The molecule has 0 aliphatic carbocycles. The van der Waals surface area contributed by atoms with E-state index in [0.29, 0.717) is 39.4 Å². The number of carbonyl (C=O) groups is 1. The van der Waals surface area contributed by atoms with E-state index in [-0.39, 0.29) is 5.91 Å². The highest BCUT2D eigenvalue weighted by atomic mass is 32.1. The lowest BCUT2D eigenvalue weighted by molar-refractivity contribution is 0.102. The van der Waals surface area contributed by atoms with E-state index in [4.69, 9.17) is 18.9 Å². The molecule has 0 spiro atoms. The van der Waals surface area contributed by atoms with Crippen molar-refractivity contribution in [3.05, 3.63) is 47.3 Å². The van der Waals surface area contributed by atoms with Crippen LogP contribution in [0.5, 0.6) is 23.0 Å². The maximum Gasteiger partial charge on any atom is 0.257 e. The largest absolute Gasteiger partial charge is 0.497 e. The number of amides is 1. The first-order valence-electron chi connectivity index (χ1n) is 8.31. The second-order valence-corrected chi connectivity index (χ2v) is 6.49. The summed E-state index contributed by atoms with van der Waals surface area (Å²) in [4.78, 5) is 16.9. The molecule has 1 N–H and O–H groups in total. The molecule has 0 unspecified atom stereocenters. The lowest BCUT2D eigenvalue weighted by atomic mass is 10.1. The SMILES string of the molecule is COc1ccc(C(=O)Nc2nc(-c3cc(OC)c(OC)c(OC)c3)cs2)cc1. The molecule has 1 heterocycles. The number of nitrogens with one attached hydrogen (secondary N) is 1. The number of hydrogen-bond acceptors (Lipinski definition) is 7. The van der Waals surface area contributed by atoms with E-state index < -0.39 is 0 Å². The van der Waals surface area contributed by atoms with Gasteiger partial charge in [0.25, 0.3) is 5.91 Å². The van der Waals surface area contributed by atoms with Gasteiger partial charge < -0.3 is 18.9 Å². The highest BCUT2D eigenvalue weighted by molar-refractivity contribution is 7.14. The number of ether oxygens (including phenoxy) is 4. The molecule has 0 radical (unpaired) electrons. The second-order valence-electron chi connectivity index (χ2n) is 5.63. The Morgan fingerprint density at radius 3 is 2.11 bits per heavy atom. The lowest BCUT2D eigenvalue weighted by Gasteiger charge is -2.13. The molecule has 28 heavy (non-hydrogen) atoms. The predicted molar refractivity (Wildman–Crippen MR) is 108 cm³/mol. The molecule has 2 aromatic carbocycles. The van der Waals surface area contributed by atoms with E-state index in [1.807, 2.05) is 17.5 Å². The molecule has 0 atom stereocenters. The molecule has 3 rings (SSSR count). The summed E-state index contributed by atoms with van der Waals surface area (Å²) < 4.78 is 21.2. The molecule has 1 amide bonds. The van der Waals surface area contributed by atoms with E-state index in [1.165, 1.54) is 11.3 Å². The topological polar surface area (TPSA) is 78.9 Å². The van der Waals surface area contributed by atoms with Crippen molar-refractivity contribution < 1.29 is 23.7 Å². The zero-order valence-corrected chi connectivity index (χ0v) is 16.8. The van der Waals surface area contributed by atoms with E-state index >= 15 is 0 Å². The number of methoxy groups -OCH3 is 4. The maximum absolute atomic E-state index is 12.4. The van der Waals surface area contributed by atoms with Crippen molar-refractivity contribution in [1.82, 2.24) is 4.98 Å². The summed E-state index contributed by atoms with van der Waals surface area (Å²) in [5, 5.41) is 5.15. The van der Waals surface area contributed by atoms with Crippen molar-refractivity contribution >= 4 is 22.4 Å². The van der Waals surface area contributed by atoms with Crippen LogP contribution >= 0.6 is 11.3 Å². The first-order valence-corrected chi connectivity index (χ1v) is 9.19. The number of aromatic nitrogens is 1. The monoisotopic (exact) mass is 400 g/mol. The third-order valence-corrected chi connectivity index (χ3v) is 4.80. The van der Waals surface area contributed by atoms with Crippen molar-refractivity contribution in [3.63, 3.8) is 0 Å². The normalized spacial score (nSPS) is 10.3. The van der Waals surface area contributed by atoms with E-state index in [1.54, 1.807) is 52.7 Å². The van der Waals surface area contributed by atoms with Gasteiger partial charge in [-0.3, -0.25) is 10.1 Å². The fourth-order valence-corrected chi connectivity index (χ4v) is 3.32. The predicted octanol–water partition coefficient (Wildman–Crippen LogP) is 4.10. The number of thiazole rings is 1. The minimum atomic E-state index is -0.242. The molecule has 3 aromatic rings. The lowest BCUT2D eigenvalue weighted by Crippen LogP contribution is -2.11. The molecule has 0 fully saturated rings. The van der Waals surface area contributed by atoms with Crippen LogP contribution in [0, 0.1) is 0 Å². The Morgan fingerprint density at radius 2 is 1.57 bits per heavy atom. The average molecular weight is 400 g/mol. The first kappa shape index (κ1) is 19.5. The smallest absolute Gasteiger partial charge is 0.257 e. The quantitative estimate of drug-likeness (QED) is 0.643. The molecule has 0 saturated heterocycles. The number of carbonyl (C=O) groups excluding carboxylic acids is 1. The van der Waals surface area contributed by atoms with Gasteiger partial charge in [0.2, 0.25) is 5.75 Å². The third kappa shape index (κ3) is 4.01. The molecule has 0 aliphatic heterocycles. The summed E-state index contributed by atoms with van der Waals surface area (Å²) in [5.41, 5.74) is 2.00. The van der Waals surface area contributed by atoms with Gasteiger partial charge in [0.1, 0.15) is 5.75 Å². The number of rotatable bonds is 7. The maximum atomic E-state index is 12.4. The summed E-state index contributed by atoms with van der Waals surface area (Å²) in [6.07, 6.45) is 0. The average Bonchev–Trinajstić information content (AvgIpc) is 3.21. The Balaban J connectivity index is 1.82. The highest BCUT2D eigenvalue weighted by Crippen LogP contribution is 2.41. The van der Waals surface area contributed by atoms with E-state index in [2.05, 4.69) is 10.3 Å². The van der Waals surface area contributed by atoms with Crippen molar-refractivity contribution in [2.45, 2.75) is 0 Å². The van der Waals surface area contributed by atoms with Gasteiger partial charge in [0.05, 0.1) is 34.1 Å². The van der Waals surface area contributed by atoms with Gasteiger partial charge >= 0.3 is 0 Å². The van der Waals surface area contributed by atoms with Crippen LogP contribution in [0.25, 0.3) is 11.3 Å². The molecular weight excluding hydrogens is 380 g/mol. The summed E-state index contributed by atoms with van der Waals surface area (Å²) in [5.74, 6) is 2.03. The Kier molecular flexibility index (Phi) is 6.00. The molecule has 1 aromatic heterocycles. The van der Waals surface area contributed by atoms with Gasteiger partial charge in [-0.25, -0.2) is 4.98 Å². The summed E-state index contributed by atoms with van der Waals surface area (Å²) >= 11 is 1.33. The van der Waals surface area contributed by atoms with Crippen LogP contribution in [0.1, 0.15) is 10.4 Å². The zero-order valence-electron chi connectivity index (χ0n) is 15.9. The fraction of sp³-hybridized carbons (Fsp3) is 0.200. The van der Waals surface area contributed by atoms with Crippen molar-refractivity contribution in [2.75, 3.05) is 33.8 Å². The standard InChI is InChI=1S/C20H20N2O5S/c1-24-14-7-5-12(6-8-14)19(23)22-20-21-15(11-28-20)13-9-16(25-2)18(27-4)17(10-13)26-3/h5-11H,1-4H3,(H,21,22,23). The number of hydrogen-bond donors (Lipinski definition) is 1. The number of benzene rings is 2. The van der Waals surface area contributed by atoms with Crippen LogP contribution in [-0.2, 0) is 0 Å². The van der Waals surface area contributed by atoms with Gasteiger partial charge in [-0.05, 0) is 36.4 Å². The van der Waals surface area contributed by atoms with Gasteiger partial charge in [-0.15, -0.1) is 11.3 Å². The van der Waals surface area contributed by atoms with Crippen molar-refractivity contribution in [2.24, 2.45) is 0 Å². The molecule has 8 heteroatoms. The molecule has 146 valence electrons. The van der Waals surface area contributed by atoms with Crippen LogP contribution in [0.15, 0.2) is 41.8 Å². The Labute approximate surface area is 166 Å². The fourth-order valence-electron chi connectivity index (χ4n) is 2.60. The Morgan fingerprint density at radius 1 is 0.929 bits per heavy atom. The Hall–Kier alpha value is -3.26.